The van der Waals surface area contributed by atoms with Crippen LogP contribution < -0.4 is 5.32 Å². The molecule has 0 radical (unpaired) electrons. The normalized spacial score (nSPS) is 14.9. The summed E-state index contributed by atoms with van der Waals surface area (Å²) in [7, 11) is 0. The van der Waals surface area contributed by atoms with Crippen LogP contribution in [0.15, 0.2) is 42.5 Å². The smallest absolute Gasteiger partial charge is 0.227 e. The summed E-state index contributed by atoms with van der Waals surface area (Å²) in [5, 5.41) is 3.01. The zero-order chi connectivity index (χ0) is 19.4. The number of nitrogens with one attached hydrogen (secondary N) is 1. The Bertz CT molecular complexity index is 842. The Morgan fingerprint density at radius 2 is 1.85 bits per heavy atom. The fourth-order valence-electron chi connectivity index (χ4n) is 3.51. The lowest BCUT2D eigenvalue weighted by Gasteiger charge is -2.31. The van der Waals surface area contributed by atoms with Gasteiger partial charge in [0.2, 0.25) is 11.8 Å². The molecule has 3 rings (SSSR count). The maximum atomic E-state index is 13.3. The van der Waals surface area contributed by atoms with Gasteiger partial charge in [-0.05, 0) is 56.0 Å². The van der Waals surface area contributed by atoms with Gasteiger partial charge in [-0.25, -0.2) is 4.39 Å². The highest BCUT2D eigenvalue weighted by molar-refractivity contribution is 5.93. The summed E-state index contributed by atoms with van der Waals surface area (Å²) in [6.45, 7) is 5.11. The highest BCUT2D eigenvalue weighted by atomic mass is 19.1. The van der Waals surface area contributed by atoms with Crippen molar-refractivity contribution in [1.82, 2.24) is 4.90 Å². The second-order valence-electron chi connectivity index (χ2n) is 7.27. The molecule has 0 unspecified atom stereocenters. The number of hydrogen-bond donors (Lipinski definition) is 1. The average molecular weight is 368 g/mol. The van der Waals surface area contributed by atoms with E-state index in [0.29, 0.717) is 31.5 Å². The predicted molar refractivity (Wildman–Crippen MR) is 104 cm³/mol. The number of aryl methyl sites for hydroxylation is 2. The molecular formula is C22H25FN2O2. The molecule has 5 heteroatoms. The summed E-state index contributed by atoms with van der Waals surface area (Å²) in [5.74, 6) is -0.431. The molecule has 0 saturated carbocycles. The molecule has 1 fully saturated rings. The number of carbonyl (C=O) groups is 2. The fraction of sp³-hybridized carbons (Fsp3) is 0.364. The molecule has 1 aliphatic heterocycles. The van der Waals surface area contributed by atoms with Crippen LogP contribution in [0, 0.1) is 25.6 Å². The predicted octanol–water partition coefficient (Wildman–Crippen LogP) is 3.86. The van der Waals surface area contributed by atoms with Gasteiger partial charge >= 0.3 is 0 Å². The maximum absolute atomic E-state index is 13.3. The molecule has 0 spiro atoms. The minimum absolute atomic E-state index is 0.0131. The standard InChI is InChI=1S/C22H25FN2O2/c1-15-6-7-20(16(2)12-15)24-22(27)18-8-10-25(11-9-18)21(26)14-17-4-3-5-19(23)13-17/h3-7,12-13,18H,8-11,14H2,1-2H3,(H,24,27). The van der Waals surface area contributed by atoms with Crippen LogP contribution >= 0.6 is 0 Å². The molecule has 1 aliphatic rings. The van der Waals surface area contributed by atoms with Crippen LogP contribution in [0.3, 0.4) is 0 Å². The minimum Gasteiger partial charge on any atom is -0.342 e. The maximum Gasteiger partial charge on any atom is 0.227 e. The first kappa shape index (κ1) is 19.1. The summed E-state index contributed by atoms with van der Waals surface area (Å²) in [4.78, 5) is 26.7. The number of halogens is 1. The molecule has 1 saturated heterocycles. The van der Waals surface area contributed by atoms with Crippen molar-refractivity contribution in [2.75, 3.05) is 18.4 Å². The minimum atomic E-state index is -0.331. The summed E-state index contributed by atoms with van der Waals surface area (Å²) in [5.41, 5.74) is 3.73. The molecule has 2 aromatic carbocycles. The van der Waals surface area contributed by atoms with Gasteiger partial charge in [0, 0.05) is 24.7 Å². The first-order valence-electron chi connectivity index (χ1n) is 9.32. The van der Waals surface area contributed by atoms with Gasteiger partial charge in [0.25, 0.3) is 0 Å². The topological polar surface area (TPSA) is 49.4 Å². The molecule has 2 amide bonds. The number of piperidine rings is 1. The molecular weight excluding hydrogens is 343 g/mol. The first-order chi connectivity index (χ1) is 12.9. The van der Waals surface area contributed by atoms with Gasteiger partial charge in [0.1, 0.15) is 5.82 Å². The van der Waals surface area contributed by atoms with E-state index in [1.807, 2.05) is 32.0 Å². The SMILES string of the molecule is Cc1ccc(NC(=O)C2CCN(C(=O)Cc3cccc(F)c3)CC2)c(C)c1. The van der Waals surface area contributed by atoms with Crippen molar-refractivity contribution in [2.24, 2.45) is 5.92 Å². The second kappa shape index (κ2) is 8.33. The van der Waals surface area contributed by atoms with Crippen LogP contribution in [0.1, 0.15) is 29.5 Å². The Morgan fingerprint density at radius 1 is 1.11 bits per heavy atom. The Hall–Kier alpha value is -2.69. The van der Waals surface area contributed by atoms with Crippen molar-refractivity contribution >= 4 is 17.5 Å². The quantitative estimate of drug-likeness (QED) is 0.891. The number of anilines is 1. The van der Waals surface area contributed by atoms with Crippen LogP contribution in [0.2, 0.25) is 0 Å². The van der Waals surface area contributed by atoms with Crippen molar-refractivity contribution in [3.05, 3.63) is 65.0 Å². The Kier molecular flexibility index (Phi) is 5.89. The van der Waals surface area contributed by atoms with Crippen LogP contribution in [0.4, 0.5) is 10.1 Å². The Morgan fingerprint density at radius 3 is 2.52 bits per heavy atom. The number of rotatable bonds is 4. The largest absolute Gasteiger partial charge is 0.342 e. The fourth-order valence-corrected chi connectivity index (χ4v) is 3.51. The second-order valence-corrected chi connectivity index (χ2v) is 7.27. The lowest BCUT2D eigenvalue weighted by atomic mass is 9.95. The number of nitrogens with zero attached hydrogens (tertiary/aromatic N) is 1. The van der Waals surface area contributed by atoms with E-state index in [1.54, 1.807) is 17.0 Å². The number of benzene rings is 2. The number of amides is 2. The van der Waals surface area contributed by atoms with Gasteiger partial charge in [-0.15, -0.1) is 0 Å². The molecule has 0 atom stereocenters. The molecule has 27 heavy (non-hydrogen) atoms. The number of carbonyl (C=O) groups excluding carboxylic acids is 2. The van der Waals surface area contributed by atoms with Gasteiger partial charge in [0.15, 0.2) is 0 Å². The van der Waals surface area contributed by atoms with Crippen LogP contribution in [-0.4, -0.2) is 29.8 Å². The van der Waals surface area contributed by atoms with Gasteiger partial charge in [-0.1, -0.05) is 29.8 Å². The Balaban J connectivity index is 1.52. The van der Waals surface area contributed by atoms with Crippen LogP contribution in [0.25, 0.3) is 0 Å². The Labute approximate surface area is 159 Å². The van der Waals surface area contributed by atoms with Crippen molar-refractivity contribution in [3.8, 4) is 0 Å². The van der Waals surface area contributed by atoms with E-state index >= 15 is 0 Å². The van der Waals surface area contributed by atoms with Crippen molar-refractivity contribution in [1.29, 1.82) is 0 Å². The van der Waals surface area contributed by atoms with E-state index in [2.05, 4.69) is 5.32 Å². The first-order valence-corrected chi connectivity index (χ1v) is 9.32. The third kappa shape index (κ3) is 4.94. The molecule has 142 valence electrons. The highest BCUT2D eigenvalue weighted by Gasteiger charge is 2.27. The summed E-state index contributed by atoms with van der Waals surface area (Å²) in [6, 6.07) is 12.1. The monoisotopic (exact) mass is 368 g/mol. The summed E-state index contributed by atoms with van der Waals surface area (Å²) in [6.07, 6.45) is 1.48. The zero-order valence-electron chi connectivity index (χ0n) is 15.8. The highest BCUT2D eigenvalue weighted by Crippen LogP contribution is 2.22. The molecule has 0 aromatic heterocycles. The van der Waals surface area contributed by atoms with E-state index in [0.717, 1.165) is 16.8 Å². The average Bonchev–Trinajstić information content (AvgIpc) is 2.64. The zero-order valence-corrected chi connectivity index (χ0v) is 15.8. The molecule has 4 nitrogen and oxygen atoms in total. The van der Waals surface area contributed by atoms with Crippen molar-refractivity contribution in [3.63, 3.8) is 0 Å². The summed E-state index contributed by atoms with van der Waals surface area (Å²) >= 11 is 0. The lowest BCUT2D eigenvalue weighted by molar-refractivity contribution is -0.133. The van der Waals surface area contributed by atoms with Crippen molar-refractivity contribution < 1.29 is 14.0 Å². The number of likely N-dealkylation sites (tertiary alicyclic amines) is 1. The molecule has 0 bridgehead atoms. The van der Waals surface area contributed by atoms with E-state index in [-0.39, 0.29) is 30.0 Å². The van der Waals surface area contributed by atoms with E-state index in [4.69, 9.17) is 0 Å². The molecule has 1 N–H and O–H groups in total. The molecule has 0 aliphatic carbocycles. The van der Waals surface area contributed by atoms with Gasteiger partial charge in [-0.3, -0.25) is 9.59 Å². The third-order valence-electron chi connectivity index (χ3n) is 5.10. The van der Waals surface area contributed by atoms with E-state index < -0.39 is 0 Å². The van der Waals surface area contributed by atoms with Crippen LogP contribution in [0.5, 0.6) is 0 Å². The summed E-state index contributed by atoms with van der Waals surface area (Å²) < 4.78 is 13.3. The molecule has 2 aromatic rings. The van der Waals surface area contributed by atoms with E-state index in [9.17, 15) is 14.0 Å². The van der Waals surface area contributed by atoms with Gasteiger partial charge in [0.05, 0.1) is 6.42 Å². The van der Waals surface area contributed by atoms with Crippen LogP contribution in [-0.2, 0) is 16.0 Å². The van der Waals surface area contributed by atoms with Gasteiger partial charge < -0.3 is 10.2 Å². The van der Waals surface area contributed by atoms with Crippen molar-refractivity contribution in [2.45, 2.75) is 33.1 Å². The lowest BCUT2D eigenvalue weighted by Crippen LogP contribution is -2.42. The molecule has 1 heterocycles. The number of hydrogen-bond acceptors (Lipinski definition) is 2. The third-order valence-corrected chi connectivity index (χ3v) is 5.10. The van der Waals surface area contributed by atoms with Gasteiger partial charge in [-0.2, -0.15) is 0 Å². The van der Waals surface area contributed by atoms with E-state index in [1.165, 1.54) is 12.1 Å².